The Balaban J connectivity index is 2.99. The maximum absolute atomic E-state index is 9.22. The number of phenolic OH excluding ortho intramolecular Hbond substituents is 2. The largest absolute Gasteiger partial charge is 0.504 e. The molecule has 0 spiro atoms. The van der Waals surface area contributed by atoms with Gasteiger partial charge in [-0.05, 0) is 12.1 Å². The Morgan fingerprint density at radius 3 is 2.67 bits per heavy atom. The molecule has 5 heteroatoms. The van der Waals surface area contributed by atoms with Gasteiger partial charge < -0.3 is 19.0 Å². The zero-order valence-corrected chi connectivity index (χ0v) is 6.59. The van der Waals surface area contributed by atoms with Crippen LogP contribution < -0.4 is 0 Å². The molecule has 0 aliphatic rings. The van der Waals surface area contributed by atoms with Crippen molar-refractivity contribution < 1.29 is 19.0 Å². The summed E-state index contributed by atoms with van der Waals surface area (Å²) < 4.78 is 9.70. The smallest absolute Gasteiger partial charge is 0.363 e. The molecule has 0 saturated heterocycles. The maximum atomic E-state index is 9.22. The second-order valence-corrected chi connectivity index (χ2v) is 2.55. The average Bonchev–Trinajstić information content (AvgIpc) is 2.39. The van der Waals surface area contributed by atoms with E-state index in [0.717, 1.165) is 0 Å². The summed E-state index contributed by atoms with van der Waals surface area (Å²) in [6.45, 7) is 0. The third-order valence-corrected chi connectivity index (χ3v) is 1.62. The van der Waals surface area contributed by atoms with Gasteiger partial charge in [-0.3, -0.25) is 0 Å². The van der Waals surface area contributed by atoms with Gasteiger partial charge in [-0.1, -0.05) is 0 Å². The van der Waals surface area contributed by atoms with E-state index in [4.69, 9.17) is 13.9 Å². The summed E-state index contributed by atoms with van der Waals surface area (Å²) in [6.07, 6.45) is 0. The molecule has 1 aromatic carbocycles. The minimum Gasteiger partial charge on any atom is -0.504 e. The van der Waals surface area contributed by atoms with E-state index < -0.39 is 0 Å². The number of rotatable bonds is 0. The molecule has 2 rings (SSSR count). The number of benzene rings is 1. The monoisotopic (exact) mass is 184 g/mol. The van der Waals surface area contributed by atoms with Crippen LogP contribution in [0.2, 0.25) is 0 Å². The van der Waals surface area contributed by atoms with E-state index in [0.29, 0.717) is 5.58 Å². The van der Waals surface area contributed by atoms with Crippen LogP contribution in [0.15, 0.2) is 21.0 Å². The Morgan fingerprint density at radius 2 is 1.92 bits per heavy atom. The van der Waals surface area contributed by atoms with Crippen LogP contribution >= 0.6 is 12.2 Å². The summed E-state index contributed by atoms with van der Waals surface area (Å²) in [5.41, 5.74) is 0.385. The minimum absolute atomic E-state index is 0.0694. The molecule has 0 unspecified atom stereocenters. The van der Waals surface area contributed by atoms with Crippen LogP contribution in [0.3, 0.4) is 0 Å². The summed E-state index contributed by atoms with van der Waals surface area (Å²) in [5.74, 6) is -0.616. The molecule has 1 aromatic heterocycles. The Kier molecular flexibility index (Phi) is 1.34. The lowest BCUT2D eigenvalue weighted by Crippen LogP contribution is -1.68. The molecule has 0 radical (unpaired) electrons. The molecule has 0 saturated carbocycles. The minimum atomic E-state index is -0.354. The molecule has 0 amide bonds. The van der Waals surface area contributed by atoms with E-state index in [2.05, 4.69) is 12.2 Å². The molecule has 0 fully saturated rings. The van der Waals surface area contributed by atoms with Gasteiger partial charge in [0, 0.05) is 12.2 Å². The van der Waals surface area contributed by atoms with Gasteiger partial charge >= 0.3 is 4.90 Å². The SMILES string of the molecule is Oc1ccc2oc(=S)oc2c1O. The number of hydrogen-bond acceptors (Lipinski definition) is 5. The normalized spacial score (nSPS) is 10.7. The number of fused-ring (bicyclic) bond motifs is 1. The van der Waals surface area contributed by atoms with Gasteiger partial charge in [0.05, 0.1) is 0 Å². The third kappa shape index (κ3) is 0.868. The van der Waals surface area contributed by atoms with Crippen LogP contribution in [-0.2, 0) is 0 Å². The van der Waals surface area contributed by atoms with Crippen molar-refractivity contribution >= 4 is 23.4 Å². The zero-order chi connectivity index (χ0) is 8.72. The highest BCUT2D eigenvalue weighted by Crippen LogP contribution is 2.34. The van der Waals surface area contributed by atoms with Gasteiger partial charge in [0.2, 0.25) is 11.3 Å². The van der Waals surface area contributed by atoms with Crippen LogP contribution in [0, 0.1) is 4.90 Å². The molecule has 2 N–H and O–H groups in total. The fourth-order valence-corrected chi connectivity index (χ4v) is 1.09. The lowest BCUT2D eigenvalue weighted by atomic mass is 10.3. The van der Waals surface area contributed by atoms with Gasteiger partial charge in [0.25, 0.3) is 0 Å². The molecular formula is C7H4O4S. The Bertz CT molecular complexity index is 482. The first-order chi connectivity index (χ1) is 5.68. The first kappa shape index (κ1) is 7.17. The summed E-state index contributed by atoms with van der Waals surface area (Å²) in [6, 6.07) is 2.76. The van der Waals surface area contributed by atoms with E-state index in [1.807, 2.05) is 0 Å². The molecule has 0 atom stereocenters. The highest BCUT2D eigenvalue weighted by molar-refractivity contribution is 7.71. The molecule has 0 aliphatic carbocycles. The molecule has 2 aromatic rings. The molecular weight excluding hydrogens is 180 g/mol. The lowest BCUT2D eigenvalue weighted by molar-refractivity contribution is 0.395. The predicted octanol–water partition coefficient (Wildman–Crippen LogP) is 2.17. The van der Waals surface area contributed by atoms with Crippen molar-refractivity contribution in [3.8, 4) is 11.5 Å². The lowest BCUT2D eigenvalue weighted by Gasteiger charge is -1.93. The number of hydrogen-bond donors (Lipinski definition) is 2. The van der Waals surface area contributed by atoms with E-state index in [9.17, 15) is 5.11 Å². The first-order valence-electron chi connectivity index (χ1n) is 3.13. The van der Waals surface area contributed by atoms with E-state index >= 15 is 0 Å². The predicted molar refractivity (Wildman–Crippen MR) is 42.6 cm³/mol. The highest BCUT2D eigenvalue weighted by atomic mass is 32.1. The summed E-state index contributed by atoms with van der Waals surface area (Å²) in [5, 5.41) is 18.3. The molecule has 0 aliphatic heterocycles. The average molecular weight is 184 g/mol. The topological polar surface area (TPSA) is 66.7 Å². The van der Waals surface area contributed by atoms with Gasteiger partial charge in [-0.15, -0.1) is 0 Å². The van der Waals surface area contributed by atoms with Crippen molar-refractivity contribution in [1.29, 1.82) is 0 Å². The van der Waals surface area contributed by atoms with E-state index in [-0.39, 0.29) is 22.0 Å². The van der Waals surface area contributed by atoms with Gasteiger partial charge in [-0.25, -0.2) is 0 Å². The van der Waals surface area contributed by atoms with Gasteiger partial charge in [0.1, 0.15) is 0 Å². The Hall–Kier alpha value is -1.49. The Morgan fingerprint density at radius 1 is 1.17 bits per heavy atom. The van der Waals surface area contributed by atoms with Crippen LogP contribution in [0.4, 0.5) is 0 Å². The number of aromatic hydroxyl groups is 2. The molecule has 1 heterocycles. The fraction of sp³-hybridized carbons (Fsp3) is 0. The standard InChI is InChI=1S/C7H4O4S/c8-3-1-2-4-6(5(3)9)11-7(12)10-4/h1-2,8-9H. The van der Waals surface area contributed by atoms with Crippen LogP contribution in [-0.4, -0.2) is 10.2 Å². The molecule has 62 valence electrons. The molecule has 12 heavy (non-hydrogen) atoms. The second kappa shape index (κ2) is 2.25. The maximum Gasteiger partial charge on any atom is 0.363 e. The quantitative estimate of drug-likeness (QED) is 0.485. The summed E-state index contributed by atoms with van der Waals surface area (Å²) in [7, 11) is 0. The van der Waals surface area contributed by atoms with Crippen LogP contribution in [0.1, 0.15) is 0 Å². The van der Waals surface area contributed by atoms with Gasteiger partial charge in [-0.2, -0.15) is 0 Å². The van der Waals surface area contributed by atoms with Crippen LogP contribution in [0.25, 0.3) is 11.2 Å². The van der Waals surface area contributed by atoms with Crippen molar-refractivity contribution in [2.24, 2.45) is 0 Å². The fourth-order valence-electron chi connectivity index (χ4n) is 0.915. The van der Waals surface area contributed by atoms with Crippen molar-refractivity contribution in [1.82, 2.24) is 0 Å². The van der Waals surface area contributed by atoms with Crippen molar-refractivity contribution in [3.63, 3.8) is 0 Å². The first-order valence-corrected chi connectivity index (χ1v) is 3.54. The Labute approximate surface area is 71.7 Å². The van der Waals surface area contributed by atoms with Crippen LogP contribution in [0.5, 0.6) is 11.5 Å². The van der Waals surface area contributed by atoms with Crippen molar-refractivity contribution in [2.45, 2.75) is 0 Å². The van der Waals surface area contributed by atoms with E-state index in [1.165, 1.54) is 12.1 Å². The molecule has 0 bridgehead atoms. The summed E-state index contributed by atoms with van der Waals surface area (Å²) >= 11 is 4.59. The third-order valence-electron chi connectivity index (χ3n) is 1.45. The molecule has 4 nitrogen and oxygen atoms in total. The zero-order valence-electron chi connectivity index (χ0n) is 5.77. The second-order valence-electron chi connectivity index (χ2n) is 2.21. The van der Waals surface area contributed by atoms with Crippen molar-refractivity contribution in [3.05, 3.63) is 17.0 Å². The summed E-state index contributed by atoms with van der Waals surface area (Å²) in [4.78, 5) is -0.0779. The van der Waals surface area contributed by atoms with E-state index in [1.54, 1.807) is 0 Å². The highest BCUT2D eigenvalue weighted by Gasteiger charge is 2.10. The van der Waals surface area contributed by atoms with Crippen molar-refractivity contribution in [2.75, 3.05) is 0 Å². The number of phenols is 2. The van der Waals surface area contributed by atoms with Gasteiger partial charge in [0.15, 0.2) is 11.3 Å².